The standard InChI is InChI=1S/C13H18FNO2/c1-8-9(11-5-4-6-15-11)7-10(14)13(17-3)12(8)16-2/h7,11,15H,4-6H2,1-3H3. The zero-order valence-corrected chi connectivity index (χ0v) is 10.5. The van der Waals surface area contributed by atoms with Crippen molar-refractivity contribution in [2.45, 2.75) is 25.8 Å². The minimum Gasteiger partial charge on any atom is -0.492 e. The second-order valence-electron chi connectivity index (χ2n) is 4.29. The van der Waals surface area contributed by atoms with Crippen LogP contribution in [0.15, 0.2) is 6.07 Å². The van der Waals surface area contributed by atoms with Crippen molar-refractivity contribution < 1.29 is 13.9 Å². The van der Waals surface area contributed by atoms with E-state index in [1.54, 1.807) is 6.07 Å². The fourth-order valence-electron chi connectivity index (χ4n) is 2.47. The molecule has 1 aromatic rings. The molecule has 0 bridgehead atoms. The van der Waals surface area contributed by atoms with E-state index in [1.807, 2.05) is 6.92 Å². The summed E-state index contributed by atoms with van der Waals surface area (Å²) in [5, 5.41) is 3.37. The SMILES string of the molecule is COc1c(F)cc(C2CCCN2)c(C)c1OC. The summed E-state index contributed by atoms with van der Waals surface area (Å²) in [4.78, 5) is 0. The number of rotatable bonds is 3. The maximum absolute atomic E-state index is 13.9. The molecule has 1 aliphatic heterocycles. The molecule has 0 aromatic heterocycles. The summed E-state index contributed by atoms with van der Waals surface area (Å²) in [6.45, 7) is 2.93. The molecule has 1 saturated heterocycles. The Morgan fingerprint density at radius 2 is 2.00 bits per heavy atom. The average molecular weight is 239 g/mol. The second kappa shape index (κ2) is 4.92. The van der Waals surface area contributed by atoms with E-state index in [9.17, 15) is 4.39 Å². The number of halogens is 1. The van der Waals surface area contributed by atoms with E-state index >= 15 is 0 Å². The first-order valence-corrected chi connectivity index (χ1v) is 5.83. The van der Waals surface area contributed by atoms with Crippen molar-refractivity contribution in [3.05, 3.63) is 23.0 Å². The minimum absolute atomic E-state index is 0.187. The van der Waals surface area contributed by atoms with Gasteiger partial charge in [-0.1, -0.05) is 0 Å². The third-order valence-corrected chi connectivity index (χ3v) is 3.32. The zero-order valence-electron chi connectivity index (χ0n) is 10.5. The second-order valence-corrected chi connectivity index (χ2v) is 4.29. The highest BCUT2D eigenvalue weighted by atomic mass is 19.1. The quantitative estimate of drug-likeness (QED) is 0.879. The Hall–Kier alpha value is -1.29. The molecule has 3 nitrogen and oxygen atoms in total. The first-order valence-electron chi connectivity index (χ1n) is 5.83. The summed E-state index contributed by atoms with van der Waals surface area (Å²) < 4.78 is 24.2. The smallest absolute Gasteiger partial charge is 0.197 e. The highest BCUT2D eigenvalue weighted by molar-refractivity contribution is 5.52. The lowest BCUT2D eigenvalue weighted by molar-refractivity contribution is 0.334. The zero-order chi connectivity index (χ0) is 12.4. The molecule has 1 fully saturated rings. The molecule has 1 aliphatic rings. The normalized spacial score (nSPS) is 19.4. The molecule has 1 N–H and O–H groups in total. The number of hydrogen-bond acceptors (Lipinski definition) is 3. The molecular formula is C13H18FNO2. The van der Waals surface area contributed by atoms with Crippen LogP contribution in [0.2, 0.25) is 0 Å². The summed E-state index contributed by atoms with van der Waals surface area (Å²) in [5.41, 5.74) is 1.92. The monoisotopic (exact) mass is 239 g/mol. The molecule has 2 rings (SSSR count). The maximum Gasteiger partial charge on any atom is 0.197 e. The lowest BCUT2D eigenvalue weighted by atomic mass is 9.98. The molecule has 0 spiro atoms. The van der Waals surface area contributed by atoms with Crippen LogP contribution in [0.5, 0.6) is 11.5 Å². The van der Waals surface area contributed by atoms with E-state index in [0.717, 1.165) is 30.5 Å². The molecule has 17 heavy (non-hydrogen) atoms. The fraction of sp³-hybridized carbons (Fsp3) is 0.538. The van der Waals surface area contributed by atoms with Gasteiger partial charge in [0.25, 0.3) is 0 Å². The van der Waals surface area contributed by atoms with E-state index in [2.05, 4.69) is 5.32 Å². The van der Waals surface area contributed by atoms with Gasteiger partial charge >= 0.3 is 0 Å². The van der Waals surface area contributed by atoms with Crippen molar-refractivity contribution in [1.82, 2.24) is 5.32 Å². The van der Waals surface area contributed by atoms with Crippen LogP contribution in [0.25, 0.3) is 0 Å². The Kier molecular flexibility index (Phi) is 3.52. The van der Waals surface area contributed by atoms with E-state index in [4.69, 9.17) is 9.47 Å². The first kappa shape index (κ1) is 12.2. The van der Waals surface area contributed by atoms with Crippen LogP contribution < -0.4 is 14.8 Å². The van der Waals surface area contributed by atoms with Crippen LogP contribution in [0.3, 0.4) is 0 Å². The van der Waals surface area contributed by atoms with Gasteiger partial charge in [0.05, 0.1) is 14.2 Å². The van der Waals surface area contributed by atoms with Crippen LogP contribution >= 0.6 is 0 Å². The van der Waals surface area contributed by atoms with Crippen molar-refractivity contribution >= 4 is 0 Å². The van der Waals surface area contributed by atoms with E-state index in [-0.39, 0.29) is 17.6 Å². The Bertz CT molecular complexity index is 414. The summed E-state index contributed by atoms with van der Waals surface area (Å²) in [6.07, 6.45) is 2.16. The van der Waals surface area contributed by atoms with E-state index < -0.39 is 0 Å². The van der Waals surface area contributed by atoms with Gasteiger partial charge in [0.1, 0.15) is 0 Å². The fourth-order valence-corrected chi connectivity index (χ4v) is 2.47. The number of methoxy groups -OCH3 is 2. The number of benzene rings is 1. The van der Waals surface area contributed by atoms with Crippen molar-refractivity contribution in [2.75, 3.05) is 20.8 Å². The maximum atomic E-state index is 13.9. The predicted molar refractivity (Wildman–Crippen MR) is 64.2 cm³/mol. The Morgan fingerprint density at radius 1 is 1.29 bits per heavy atom. The Morgan fingerprint density at radius 3 is 2.53 bits per heavy atom. The Balaban J connectivity index is 2.50. The largest absolute Gasteiger partial charge is 0.492 e. The van der Waals surface area contributed by atoms with Gasteiger partial charge in [0.15, 0.2) is 17.3 Å². The first-order chi connectivity index (χ1) is 8.19. The van der Waals surface area contributed by atoms with Gasteiger partial charge in [-0.3, -0.25) is 0 Å². The third-order valence-electron chi connectivity index (χ3n) is 3.32. The molecule has 0 amide bonds. The summed E-state index contributed by atoms with van der Waals surface area (Å²) in [6, 6.07) is 1.78. The van der Waals surface area contributed by atoms with Gasteiger partial charge in [-0.2, -0.15) is 0 Å². The van der Waals surface area contributed by atoms with Crippen molar-refractivity contribution in [1.29, 1.82) is 0 Å². The molecule has 1 heterocycles. The van der Waals surface area contributed by atoms with Crippen LogP contribution in [0, 0.1) is 12.7 Å². The average Bonchev–Trinajstić information content (AvgIpc) is 2.84. The number of hydrogen-bond donors (Lipinski definition) is 1. The molecule has 1 unspecified atom stereocenters. The highest BCUT2D eigenvalue weighted by Gasteiger charge is 2.24. The summed E-state index contributed by atoms with van der Waals surface area (Å²) in [5.74, 6) is 0.321. The van der Waals surface area contributed by atoms with Crippen LogP contribution in [-0.4, -0.2) is 20.8 Å². The molecule has 0 saturated carbocycles. The van der Waals surface area contributed by atoms with E-state index in [0.29, 0.717) is 5.75 Å². The van der Waals surface area contributed by atoms with Gasteiger partial charge in [0.2, 0.25) is 0 Å². The van der Waals surface area contributed by atoms with Crippen LogP contribution in [0.4, 0.5) is 4.39 Å². The lowest BCUT2D eigenvalue weighted by Gasteiger charge is -2.19. The van der Waals surface area contributed by atoms with Gasteiger partial charge in [-0.05, 0) is 43.5 Å². The Labute approximate surface area is 101 Å². The van der Waals surface area contributed by atoms with E-state index in [1.165, 1.54) is 14.2 Å². The van der Waals surface area contributed by atoms with Gasteiger partial charge in [-0.15, -0.1) is 0 Å². The highest BCUT2D eigenvalue weighted by Crippen LogP contribution is 2.39. The van der Waals surface area contributed by atoms with Crippen molar-refractivity contribution in [3.8, 4) is 11.5 Å². The number of ether oxygens (including phenoxy) is 2. The van der Waals surface area contributed by atoms with Crippen LogP contribution in [0.1, 0.15) is 30.0 Å². The molecule has 0 aliphatic carbocycles. The molecule has 94 valence electrons. The van der Waals surface area contributed by atoms with Crippen molar-refractivity contribution in [3.63, 3.8) is 0 Å². The van der Waals surface area contributed by atoms with Gasteiger partial charge < -0.3 is 14.8 Å². The van der Waals surface area contributed by atoms with Crippen LogP contribution in [-0.2, 0) is 0 Å². The topological polar surface area (TPSA) is 30.5 Å². The predicted octanol–water partition coefficient (Wildman–Crippen LogP) is 2.58. The minimum atomic E-state index is -0.362. The molecular weight excluding hydrogens is 221 g/mol. The van der Waals surface area contributed by atoms with Crippen molar-refractivity contribution in [2.24, 2.45) is 0 Å². The van der Waals surface area contributed by atoms with Gasteiger partial charge in [0, 0.05) is 6.04 Å². The molecule has 1 aromatic carbocycles. The molecule has 0 radical (unpaired) electrons. The lowest BCUT2D eigenvalue weighted by Crippen LogP contribution is -2.15. The summed E-state index contributed by atoms with van der Waals surface area (Å²) in [7, 11) is 2.99. The summed E-state index contributed by atoms with van der Waals surface area (Å²) >= 11 is 0. The number of nitrogens with one attached hydrogen (secondary N) is 1. The molecule has 1 atom stereocenters. The van der Waals surface area contributed by atoms with Gasteiger partial charge in [-0.25, -0.2) is 4.39 Å². The molecule has 4 heteroatoms. The third kappa shape index (κ3) is 2.09.